The van der Waals surface area contributed by atoms with Crippen molar-refractivity contribution in [3.63, 3.8) is 0 Å². The molecule has 0 spiro atoms. The Bertz CT molecular complexity index is 1080. The topological polar surface area (TPSA) is 300 Å². The number of rotatable bonds is 18. The number of hydrogen-bond donors (Lipinski definition) is 11. The van der Waals surface area contributed by atoms with Crippen LogP contribution in [0.1, 0.15) is 31.2 Å². The van der Waals surface area contributed by atoms with E-state index in [0.29, 0.717) is 12.0 Å². The van der Waals surface area contributed by atoms with Crippen LogP contribution in [0.3, 0.4) is 0 Å². The summed E-state index contributed by atoms with van der Waals surface area (Å²) >= 11 is 3.94. The van der Waals surface area contributed by atoms with Crippen LogP contribution in [0.2, 0.25) is 0 Å². The van der Waals surface area contributed by atoms with E-state index >= 15 is 0 Å². The summed E-state index contributed by atoms with van der Waals surface area (Å²) in [4.78, 5) is 58.2. The molecule has 1 aromatic carbocycles. The largest absolute Gasteiger partial charge is 0.508 e. The summed E-state index contributed by atoms with van der Waals surface area (Å²) < 4.78 is 0. The lowest BCUT2D eigenvalue weighted by molar-refractivity contribution is -0.141. The first-order valence-electron chi connectivity index (χ1n) is 12.7. The Labute approximate surface area is 243 Å². The number of hydrogen-bond acceptors (Lipinski definition) is 9. The average Bonchev–Trinajstić information content (AvgIpc) is 2.90. The van der Waals surface area contributed by atoms with Gasteiger partial charge in [-0.1, -0.05) is 12.1 Å². The fourth-order valence-electron chi connectivity index (χ4n) is 3.53. The van der Waals surface area contributed by atoms with Crippen LogP contribution < -0.4 is 44.6 Å². The molecule has 16 nitrogen and oxygen atoms in total. The number of aliphatic carboxylic acids is 1. The predicted molar refractivity (Wildman–Crippen MR) is 157 cm³/mol. The molecule has 0 heterocycles. The molecular weight excluding hydrogens is 556 g/mol. The number of thiol groups is 1. The molecule has 41 heavy (non-hydrogen) atoms. The molecule has 0 radical (unpaired) electrons. The van der Waals surface area contributed by atoms with Gasteiger partial charge in [0.1, 0.15) is 23.9 Å². The van der Waals surface area contributed by atoms with Crippen LogP contribution in [-0.2, 0) is 25.6 Å². The van der Waals surface area contributed by atoms with E-state index in [4.69, 9.17) is 28.7 Å². The van der Waals surface area contributed by atoms with Gasteiger partial charge in [0.15, 0.2) is 11.9 Å². The summed E-state index contributed by atoms with van der Waals surface area (Å²) in [7, 11) is 0. The first-order valence-corrected chi connectivity index (χ1v) is 13.4. The molecule has 1 aromatic rings. The van der Waals surface area contributed by atoms with Gasteiger partial charge in [-0.05, 0) is 49.8 Å². The second kappa shape index (κ2) is 18.2. The second-order valence-corrected chi connectivity index (χ2v) is 9.44. The number of phenolic OH excluding ortho intramolecular Hbond substituents is 1. The number of nitrogens with one attached hydrogen (secondary N) is 3. The van der Waals surface area contributed by atoms with Gasteiger partial charge in [-0.25, -0.2) is 4.79 Å². The zero-order valence-corrected chi connectivity index (χ0v) is 23.4. The maximum absolute atomic E-state index is 13.3. The lowest BCUT2D eigenvalue weighted by Gasteiger charge is -2.25. The summed E-state index contributed by atoms with van der Waals surface area (Å²) in [6.07, 6.45) is 0.851. The standard InChI is InChI=1S/C24H40N10O6S/c25-15(11-13-5-7-14(35)8-6-13)19(36)32-16(3-1-9-30-23(26)27)20(37)33-17(4-2-10-31-24(28)29)21(38)34-18(12-41)22(39)40/h5-8,15-18,35,41H,1-4,9-12,25H2,(H,32,36)(H,33,37)(H,34,38)(H,39,40)(H4,26,27,30)(H4,28,29,31). The number of amides is 3. The minimum absolute atomic E-state index is 0.0578. The molecule has 4 unspecified atom stereocenters. The zero-order valence-electron chi connectivity index (χ0n) is 22.5. The van der Waals surface area contributed by atoms with Gasteiger partial charge in [0.2, 0.25) is 17.7 Å². The molecule has 3 amide bonds. The van der Waals surface area contributed by atoms with Crippen molar-refractivity contribution in [2.75, 3.05) is 18.8 Å². The Kier molecular flexibility index (Phi) is 15.4. The molecule has 17 heteroatoms. The zero-order chi connectivity index (χ0) is 30.9. The smallest absolute Gasteiger partial charge is 0.327 e. The molecule has 0 aliphatic heterocycles. The lowest BCUT2D eigenvalue weighted by atomic mass is 10.0. The third-order valence-corrected chi connectivity index (χ3v) is 6.05. The number of nitrogens with two attached hydrogens (primary N) is 5. The highest BCUT2D eigenvalue weighted by atomic mass is 32.1. The normalized spacial score (nSPS) is 13.5. The summed E-state index contributed by atoms with van der Waals surface area (Å²) in [5.41, 5.74) is 28.1. The van der Waals surface area contributed by atoms with E-state index in [0.717, 1.165) is 0 Å². The SMILES string of the molecule is NC(N)=NCCCC(NC(=O)C(N)Cc1ccc(O)cc1)C(=O)NC(CCCN=C(N)N)C(=O)NC(CS)C(=O)O. The van der Waals surface area contributed by atoms with Gasteiger partial charge < -0.3 is 54.8 Å². The number of carbonyl (C=O) groups excluding carboxylic acids is 3. The van der Waals surface area contributed by atoms with Crippen LogP contribution in [0.25, 0.3) is 0 Å². The maximum atomic E-state index is 13.3. The lowest BCUT2D eigenvalue weighted by Crippen LogP contribution is -2.57. The number of phenols is 1. The molecule has 1 rings (SSSR count). The van der Waals surface area contributed by atoms with E-state index < -0.39 is 47.9 Å². The monoisotopic (exact) mass is 596 g/mol. The number of carbonyl (C=O) groups is 4. The van der Waals surface area contributed by atoms with Gasteiger partial charge >= 0.3 is 5.97 Å². The highest BCUT2D eigenvalue weighted by Gasteiger charge is 2.29. The fourth-order valence-corrected chi connectivity index (χ4v) is 3.78. The van der Waals surface area contributed by atoms with Crippen LogP contribution in [0.15, 0.2) is 34.3 Å². The van der Waals surface area contributed by atoms with Crippen molar-refractivity contribution in [3.05, 3.63) is 29.8 Å². The van der Waals surface area contributed by atoms with Crippen molar-refractivity contribution < 1.29 is 29.4 Å². The van der Waals surface area contributed by atoms with Crippen molar-refractivity contribution in [2.45, 2.75) is 56.3 Å². The molecule has 0 bridgehead atoms. The Morgan fingerprint density at radius 1 is 0.780 bits per heavy atom. The maximum Gasteiger partial charge on any atom is 0.327 e. The number of benzene rings is 1. The number of aliphatic imine (C=N–C) groups is 2. The van der Waals surface area contributed by atoms with Crippen LogP contribution in [-0.4, -0.2) is 88.8 Å². The highest BCUT2D eigenvalue weighted by molar-refractivity contribution is 7.80. The quantitative estimate of drug-likeness (QED) is 0.0348. The van der Waals surface area contributed by atoms with Gasteiger partial charge in [-0.3, -0.25) is 24.4 Å². The molecule has 0 saturated carbocycles. The van der Waals surface area contributed by atoms with E-state index in [1.54, 1.807) is 12.1 Å². The van der Waals surface area contributed by atoms with Crippen molar-refractivity contribution in [2.24, 2.45) is 38.7 Å². The molecule has 0 aliphatic carbocycles. The Morgan fingerprint density at radius 2 is 1.22 bits per heavy atom. The predicted octanol–water partition coefficient (Wildman–Crippen LogP) is -3.16. The van der Waals surface area contributed by atoms with Gasteiger partial charge in [0.05, 0.1) is 6.04 Å². The highest BCUT2D eigenvalue weighted by Crippen LogP contribution is 2.11. The minimum atomic E-state index is -1.30. The Hall–Kier alpha value is -4.25. The van der Waals surface area contributed by atoms with Crippen LogP contribution >= 0.6 is 12.6 Å². The van der Waals surface area contributed by atoms with Gasteiger partial charge in [0.25, 0.3) is 0 Å². The Balaban J connectivity index is 3.06. The number of aromatic hydroxyl groups is 1. The summed E-state index contributed by atoms with van der Waals surface area (Å²) in [6, 6.07) is 1.51. The summed E-state index contributed by atoms with van der Waals surface area (Å²) in [5.74, 6) is -3.81. The molecule has 228 valence electrons. The molecule has 4 atom stereocenters. The van der Waals surface area contributed by atoms with E-state index in [1.165, 1.54) is 12.1 Å². The third-order valence-electron chi connectivity index (χ3n) is 5.68. The summed E-state index contributed by atoms with van der Waals surface area (Å²) in [5, 5.41) is 26.2. The van der Waals surface area contributed by atoms with Crippen LogP contribution in [0.4, 0.5) is 0 Å². The molecule has 15 N–H and O–H groups in total. The minimum Gasteiger partial charge on any atom is -0.508 e. The number of nitrogens with zero attached hydrogens (tertiary/aromatic N) is 2. The first-order chi connectivity index (χ1) is 19.3. The van der Waals surface area contributed by atoms with Crippen molar-refractivity contribution in [3.8, 4) is 5.75 Å². The van der Waals surface area contributed by atoms with Crippen molar-refractivity contribution in [1.82, 2.24) is 16.0 Å². The number of carboxylic acids is 1. The van der Waals surface area contributed by atoms with E-state index in [2.05, 4.69) is 38.6 Å². The molecule has 0 aromatic heterocycles. The van der Waals surface area contributed by atoms with Gasteiger partial charge in [-0.15, -0.1) is 0 Å². The number of guanidine groups is 2. The molecular formula is C24H40N10O6S. The Morgan fingerprint density at radius 3 is 1.63 bits per heavy atom. The van der Waals surface area contributed by atoms with Gasteiger partial charge in [-0.2, -0.15) is 12.6 Å². The third kappa shape index (κ3) is 14.1. The van der Waals surface area contributed by atoms with E-state index in [1.807, 2.05) is 0 Å². The first kappa shape index (κ1) is 34.8. The van der Waals surface area contributed by atoms with Crippen molar-refractivity contribution >= 4 is 48.2 Å². The van der Waals surface area contributed by atoms with Gasteiger partial charge in [0, 0.05) is 18.8 Å². The van der Waals surface area contributed by atoms with E-state index in [9.17, 15) is 29.4 Å². The molecule has 0 saturated heterocycles. The van der Waals surface area contributed by atoms with Crippen molar-refractivity contribution in [1.29, 1.82) is 0 Å². The number of carboxylic acid groups (broad SMARTS) is 1. The van der Waals surface area contributed by atoms with Crippen LogP contribution in [0.5, 0.6) is 5.75 Å². The average molecular weight is 597 g/mol. The van der Waals surface area contributed by atoms with E-state index in [-0.39, 0.29) is 62.2 Å². The fraction of sp³-hybridized carbons (Fsp3) is 0.500. The summed E-state index contributed by atoms with van der Waals surface area (Å²) in [6.45, 7) is 0.327. The second-order valence-electron chi connectivity index (χ2n) is 9.08. The molecule has 0 aliphatic rings. The molecule has 0 fully saturated rings. The van der Waals surface area contributed by atoms with Crippen LogP contribution in [0, 0.1) is 0 Å².